The van der Waals surface area contributed by atoms with Crippen LogP contribution in [-0.4, -0.2) is 60.1 Å². The second-order valence-electron chi connectivity index (χ2n) is 9.20. The van der Waals surface area contributed by atoms with Crippen LogP contribution in [0.5, 0.6) is 0 Å². The number of hydrazone groups is 1. The average molecular weight is 637 g/mol. The molecule has 2 amide bonds. The van der Waals surface area contributed by atoms with Crippen LogP contribution in [0.15, 0.2) is 65.8 Å². The fraction of sp³-hybridized carbons (Fsp3) is 0.276. The lowest BCUT2D eigenvalue weighted by atomic mass is 10.1. The van der Waals surface area contributed by atoms with Crippen LogP contribution in [-0.2, 0) is 11.9 Å². The topological polar surface area (TPSA) is 94.0 Å². The molecule has 3 aromatic rings. The minimum absolute atomic E-state index is 0.0697. The van der Waals surface area contributed by atoms with E-state index >= 15 is 0 Å². The van der Waals surface area contributed by atoms with Gasteiger partial charge in [-0.2, -0.15) is 41.8 Å². The molecule has 0 atom stereocenters. The van der Waals surface area contributed by atoms with Gasteiger partial charge in [-0.15, -0.1) is 0 Å². The highest BCUT2D eigenvalue weighted by Crippen LogP contribution is 2.35. The van der Waals surface area contributed by atoms with E-state index in [1.807, 2.05) is 23.9 Å². The lowest BCUT2D eigenvalue weighted by molar-refractivity contribution is -0.137. The summed E-state index contributed by atoms with van der Waals surface area (Å²) in [7, 11) is 0. The van der Waals surface area contributed by atoms with Crippen LogP contribution in [0.3, 0.4) is 0 Å². The van der Waals surface area contributed by atoms with Gasteiger partial charge in [0.15, 0.2) is 0 Å². The van der Waals surface area contributed by atoms with E-state index in [1.165, 1.54) is 6.07 Å². The van der Waals surface area contributed by atoms with Crippen molar-refractivity contribution in [2.75, 3.05) is 47.2 Å². The maximum atomic E-state index is 13.3. The second kappa shape index (κ2) is 14.8. The van der Waals surface area contributed by atoms with Gasteiger partial charge >= 0.3 is 6.18 Å². The molecule has 1 fully saturated rings. The monoisotopic (exact) mass is 636 g/mol. The third-order valence-electron chi connectivity index (χ3n) is 6.24. The first kappa shape index (κ1) is 31.7. The predicted molar refractivity (Wildman–Crippen MR) is 165 cm³/mol. The summed E-state index contributed by atoms with van der Waals surface area (Å²) in [6.07, 6.45) is -3.55. The first-order chi connectivity index (χ1) is 20.2. The Morgan fingerprint density at radius 2 is 1.86 bits per heavy atom. The van der Waals surface area contributed by atoms with Crippen molar-refractivity contribution in [1.82, 2.24) is 5.43 Å². The maximum absolute atomic E-state index is 13.3. The molecule has 0 aliphatic carbocycles. The number of aliphatic hydroxyl groups is 1. The number of rotatable bonds is 10. The quantitative estimate of drug-likeness (QED) is 0.140. The summed E-state index contributed by atoms with van der Waals surface area (Å²) in [5.74, 6) is 2.05. The number of thioether (sulfide) groups is 2. The largest absolute Gasteiger partial charge is 0.417 e. The van der Waals surface area contributed by atoms with Crippen LogP contribution in [0.4, 0.5) is 24.5 Å². The van der Waals surface area contributed by atoms with E-state index in [1.54, 1.807) is 42.1 Å². The summed E-state index contributed by atoms with van der Waals surface area (Å²) >= 11 is 9.07. The Labute approximate surface area is 254 Å². The third kappa shape index (κ3) is 8.66. The molecule has 1 saturated heterocycles. The van der Waals surface area contributed by atoms with E-state index in [0.29, 0.717) is 17.1 Å². The fourth-order valence-electron chi connectivity index (χ4n) is 4.16. The maximum Gasteiger partial charge on any atom is 0.417 e. The molecule has 7 nitrogen and oxygen atoms in total. The van der Waals surface area contributed by atoms with Gasteiger partial charge in [0.25, 0.3) is 11.8 Å². The average Bonchev–Trinajstić information content (AvgIpc) is 2.98. The van der Waals surface area contributed by atoms with Crippen molar-refractivity contribution in [3.63, 3.8) is 0 Å². The van der Waals surface area contributed by atoms with Gasteiger partial charge in [-0.3, -0.25) is 9.59 Å². The summed E-state index contributed by atoms with van der Waals surface area (Å²) in [5.41, 5.74) is 3.98. The lowest BCUT2D eigenvalue weighted by Crippen LogP contribution is -2.32. The number of nitrogens with one attached hydrogen (secondary N) is 2. The van der Waals surface area contributed by atoms with Gasteiger partial charge in [0.1, 0.15) is 0 Å². The Bertz CT molecular complexity index is 1450. The van der Waals surface area contributed by atoms with Crippen molar-refractivity contribution >= 4 is 64.5 Å². The number of carbonyl (C=O) groups excluding carboxylic acids is 2. The first-order valence-corrected chi connectivity index (χ1v) is 15.6. The molecule has 1 heterocycles. The van der Waals surface area contributed by atoms with E-state index in [2.05, 4.69) is 20.7 Å². The van der Waals surface area contributed by atoms with Crippen molar-refractivity contribution in [3.05, 3.63) is 93.5 Å². The van der Waals surface area contributed by atoms with E-state index in [0.717, 1.165) is 54.2 Å². The number of amides is 2. The molecule has 0 bridgehead atoms. The summed E-state index contributed by atoms with van der Waals surface area (Å²) < 4.78 is 39.6. The number of hydrogen-bond donors (Lipinski definition) is 3. The molecule has 0 unspecified atom stereocenters. The first-order valence-electron chi connectivity index (χ1n) is 12.9. The number of nitrogens with zero attached hydrogens (tertiary/aromatic N) is 2. The Morgan fingerprint density at radius 3 is 2.60 bits per heavy atom. The minimum Gasteiger partial charge on any atom is -0.396 e. The Hall–Kier alpha value is -3.19. The molecule has 0 saturated carbocycles. The third-order valence-corrected chi connectivity index (χ3v) is 8.52. The molecule has 3 aromatic carbocycles. The van der Waals surface area contributed by atoms with Gasteiger partial charge in [-0.1, -0.05) is 29.8 Å². The molecule has 222 valence electrons. The lowest BCUT2D eigenvalue weighted by Gasteiger charge is -2.29. The van der Waals surface area contributed by atoms with Crippen molar-refractivity contribution in [1.29, 1.82) is 0 Å². The number of alkyl halides is 3. The Kier molecular flexibility index (Phi) is 11.2. The minimum atomic E-state index is -4.64. The van der Waals surface area contributed by atoms with E-state index < -0.39 is 28.6 Å². The van der Waals surface area contributed by atoms with Gasteiger partial charge in [-0.25, -0.2) is 5.43 Å². The van der Waals surface area contributed by atoms with Gasteiger partial charge in [-0.05, 0) is 53.6 Å². The van der Waals surface area contributed by atoms with Crippen molar-refractivity contribution in [2.24, 2.45) is 5.10 Å². The summed E-state index contributed by atoms with van der Waals surface area (Å²) in [6.45, 7) is 1.67. The standard InChI is InChI=1S/C29H28ClF3N4O3S2/c30-25-6-4-19(15-24(25)29(31,32)33)17-34-36-28(40)23-16-22(37-8-11-41-12-9-37)5-7-26(23)35-27(39)21-3-1-2-20(14-21)18-42-13-10-38/h1-7,14-17,38H,8-13,18H2,(H,35,39)(H,36,40). The van der Waals surface area contributed by atoms with Crippen molar-refractivity contribution in [3.8, 4) is 0 Å². The highest BCUT2D eigenvalue weighted by Gasteiger charge is 2.33. The molecule has 3 N–H and O–H groups in total. The summed E-state index contributed by atoms with van der Waals surface area (Å²) in [6, 6.07) is 15.5. The second-order valence-corrected chi connectivity index (χ2v) is 11.9. The molecule has 0 spiro atoms. The Balaban J connectivity index is 1.55. The van der Waals surface area contributed by atoms with Gasteiger partial charge in [0, 0.05) is 47.4 Å². The number of aliphatic hydroxyl groups excluding tert-OH is 1. The van der Waals surface area contributed by atoms with Crippen LogP contribution in [0.1, 0.15) is 37.4 Å². The molecule has 0 radical (unpaired) electrons. The highest BCUT2D eigenvalue weighted by atomic mass is 35.5. The smallest absolute Gasteiger partial charge is 0.396 e. The van der Waals surface area contributed by atoms with Gasteiger partial charge in [0.05, 0.1) is 34.7 Å². The predicted octanol–water partition coefficient (Wildman–Crippen LogP) is 6.15. The van der Waals surface area contributed by atoms with E-state index in [-0.39, 0.29) is 23.4 Å². The number of halogens is 4. The summed E-state index contributed by atoms with van der Waals surface area (Å²) in [4.78, 5) is 28.6. The summed E-state index contributed by atoms with van der Waals surface area (Å²) in [5, 5.41) is 15.2. The zero-order valence-corrected chi connectivity index (χ0v) is 24.7. The number of carbonyl (C=O) groups is 2. The normalized spacial score (nSPS) is 13.8. The van der Waals surface area contributed by atoms with Crippen LogP contribution >= 0.6 is 35.1 Å². The molecular weight excluding hydrogens is 609 g/mol. The molecule has 42 heavy (non-hydrogen) atoms. The SMILES string of the molecule is O=C(Nc1ccc(N2CCSCC2)cc1C(=O)NN=Cc1ccc(Cl)c(C(F)(F)F)c1)c1cccc(CSCCO)c1. The van der Waals surface area contributed by atoms with Crippen molar-refractivity contribution < 1.29 is 27.9 Å². The molecule has 13 heteroatoms. The number of benzene rings is 3. The van der Waals surface area contributed by atoms with E-state index in [9.17, 15) is 22.8 Å². The van der Waals surface area contributed by atoms with Gasteiger partial charge < -0.3 is 15.3 Å². The zero-order chi connectivity index (χ0) is 30.1. The van der Waals surface area contributed by atoms with Crippen LogP contribution in [0, 0.1) is 0 Å². The van der Waals surface area contributed by atoms with E-state index in [4.69, 9.17) is 16.7 Å². The fourth-order valence-corrected chi connectivity index (χ4v) is 5.98. The van der Waals surface area contributed by atoms with Gasteiger partial charge in [0.2, 0.25) is 0 Å². The molecule has 1 aliphatic heterocycles. The molecule has 1 aliphatic rings. The van der Waals surface area contributed by atoms with Crippen molar-refractivity contribution in [2.45, 2.75) is 11.9 Å². The highest BCUT2D eigenvalue weighted by molar-refractivity contribution is 7.99. The van der Waals surface area contributed by atoms with Crippen LogP contribution in [0.25, 0.3) is 0 Å². The van der Waals surface area contributed by atoms with Crippen LogP contribution in [0.2, 0.25) is 5.02 Å². The molecule has 4 rings (SSSR count). The number of anilines is 2. The molecular formula is C29H28ClF3N4O3S2. The van der Waals surface area contributed by atoms with Crippen LogP contribution < -0.4 is 15.6 Å². The number of hydrogen-bond acceptors (Lipinski definition) is 7. The Morgan fingerprint density at radius 1 is 1.07 bits per heavy atom. The zero-order valence-electron chi connectivity index (χ0n) is 22.3. The molecule has 0 aromatic heterocycles.